The van der Waals surface area contributed by atoms with Gasteiger partial charge in [-0.25, -0.2) is 0 Å². The summed E-state index contributed by atoms with van der Waals surface area (Å²) in [5.74, 6) is 0. The molecule has 2 saturated carbocycles. The predicted molar refractivity (Wildman–Crippen MR) is 228 cm³/mol. The summed E-state index contributed by atoms with van der Waals surface area (Å²) in [4.78, 5) is 4.81. The molecule has 0 amide bonds. The van der Waals surface area contributed by atoms with E-state index in [0.717, 1.165) is 43.2 Å². The molecule has 4 nitrogen and oxygen atoms in total. The molecule has 0 spiro atoms. The van der Waals surface area contributed by atoms with Crippen molar-refractivity contribution in [3.8, 4) is 0 Å². The Balaban J connectivity index is 0.000000162. The third-order valence-electron chi connectivity index (χ3n) is 11.1. The Hall–Kier alpha value is -1.32. The van der Waals surface area contributed by atoms with Gasteiger partial charge in [0.05, 0.1) is 45.7 Å². The molecular weight excluding hydrogens is 789 g/mol. The first-order valence-corrected chi connectivity index (χ1v) is 26.8. The van der Waals surface area contributed by atoms with E-state index in [-0.39, 0.29) is 8.07 Å². The van der Waals surface area contributed by atoms with Gasteiger partial charge in [-0.1, -0.05) is 48.2 Å². The van der Waals surface area contributed by atoms with Crippen molar-refractivity contribution in [2.45, 2.75) is 117 Å². The van der Waals surface area contributed by atoms with Crippen molar-refractivity contribution in [2.24, 2.45) is 0 Å². The molecule has 4 aliphatic rings. The number of rotatable bonds is 6. The first-order chi connectivity index (χ1) is 25.1. The van der Waals surface area contributed by atoms with Gasteiger partial charge in [-0.05, 0) is 115 Å². The SMILES string of the molecule is C1CCC([PH+](C2CCCCC2)N2CCOCC2)CC1.Cc1cc(C)c(N2[CH-]N(c3c(C)cc(C)cc3C)CC2)c(C)c1.[Cl][Ru]([Cl])=[CH]c1ccccc1. The molecule has 0 atom stereocenters. The standard InChI is InChI=1S/C21H27N2.C16H30NOP.C7H6.2ClH.Ru/c1-14-9-16(3)20(17(4)10-14)22-7-8-23(13-22)21-18(5)11-15(2)12-19(21)6;1-3-7-15(8-4-1)19(16-9-5-2-6-10-16)17-11-13-18-14-12-17;1-7-5-3-2-4-6-7;;;/h9-13H,7-8H2,1-6H3;15-16H,1-14H2;1-6H;2*1H;/q-1;;;;;+2/p-1. The summed E-state index contributed by atoms with van der Waals surface area (Å²) in [6.45, 7) is 22.0. The van der Waals surface area contributed by atoms with Crippen LogP contribution in [0.3, 0.4) is 0 Å². The Bertz CT molecular complexity index is 1430. The summed E-state index contributed by atoms with van der Waals surface area (Å²) in [5.41, 5.74) is 14.1. The first-order valence-electron chi connectivity index (χ1n) is 19.7. The number of hydrogen-bond donors (Lipinski definition) is 0. The Morgan fingerprint density at radius 2 is 1.06 bits per heavy atom. The van der Waals surface area contributed by atoms with Gasteiger partial charge in [0.25, 0.3) is 0 Å². The van der Waals surface area contributed by atoms with E-state index >= 15 is 0 Å². The van der Waals surface area contributed by atoms with E-state index in [0.29, 0.717) is 0 Å². The molecule has 288 valence electrons. The molecule has 0 aromatic heterocycles. The molecule has 2 aliphatic carbocycles. The normalized spacial score (nSPS) is 19.1. The van der Waals surface area contributed by atoms with Gasteiger partial charge in [-0.3, -0.25) is 0 Å². The van der Waals surface area contributed by atoms with Gasteiger partial charge in [0, 0.05) is 24.5 Å². The van der Waals surface area contributed by atoms with Gasteiger partial charge < -0.3 is 14.5 Å². The minimum atomic E-state index is -1.61. The van der Waals surface area contributed by atoms with E-state index in [1.807, 2.05) is 34.9 Å². The van der Waals surface area contributed by atoms with Crippen molar-refractivity contribution in [2.75, 3.05) is 49.2 Å². The van der Waals surface area contributed by atoms with Crippen LogP contribution in [0.5, 0.6) is 0 Å². The molecule has 0 N–H and O–H groups in total. The number of aryl methyl sites for hydroxylation is 6. The molecule has 7 rings (SSSR count). The zero-order valence-electron chi connectivity index (χ0n) is 32.7. The van der Waals surface area contributed by atoms with Gasteiger partial charge in [0.2, 0.25) is 0 Å². The molecule has 0 radical (unpaired) electrons. The van der Waals surface area contributed by atoms with Gasteiger partial charge >= 0.3 is 73.4 Å². The van der Waals surface area contributed by atoms with E-state index in [1.54, 1.807) is 25.7 Å². The van der Waals surface area contributed by atoms with Crippen LogP contribution in [0.15, 0.2) is 54.6 Å². The van der Waals surface area contributed by atoms with Crippen LogP contribution >= 0.6 is 27.5 Å². The topological polar surface area (TPSA) is 19.0 Å². The number of nitrogens with zero attached hydrogens (tertiary/aromatic N) is 3. The summed E-state index contributed by atoms with van der Waals surface area (Å²) in [7, 11) is 11.0. The van der Waals surface area contributed by atoms with Crippen molar-refractivity contribution in [3.05, 3.63) is 100 Å². The fraction of sp³-hybridized carbons (Fsp3) is 0.545. The average Bonchev–Trinajstić information content (AvgIpc) is 3.58. The maximum absolute atomic E-state index is 5.67. The number of halogens is 2. The Morgan fingerprint density at radius 3 is 1.46 bits per heavy atom. The van der Waals surface area contributed by atoms with Gasteiger partial charge in [0.1, 0.15) is 0 Å². The summed E-state index contributed by atoms with van der Waals surface area (Å²) in [6.07, 6.45) is 15.2. The minimum absolute atomic E-state index is 0.293. The van der Waals surface area contributed by atoms with E-state index in [4.69, 9.17) is 24.1 Å². The second kappa shape index (κ2) is 21.1. The van der Waals surface area contributed by atoms with Crippen molar-refractivity contribution in [1.29, 1.82) is 0 Å². The molecule has 2 heterocycles. The van der Waals surface area contributed by atoms with Gasteiger partial charge in [0.15, 0.2) is 0 Å². The van der Waals surface area contributed by atoms with E-state index in [2.05, 4.69) is 86.9 Å². The zero-order valence-corrected chi connectivity index (χ0v) is 36.9. The van der Waals surface area contributed by atoms with Crippen LogP contribution in [-0.2, 0) is 18.3 Å². The van der Waals surface area contributed by atoms with Crippen LogP contribution in [0, 0.1) is 48.2 Å². The van der Waals surface area contributed by atoms with Crippen LogP contribution in [0.1, 0.15) is 103 Å². The van der Waals surface area contributed by atoms with Crippen LogP contribution < -0.4 is 9.80 Å². The molecule has 3 aromatic rings. The third kappa shape index (κ3) is 12.1. The number of morpholine rings is 1. The fourth-order valence-corrected chi connectivity index (χ4v) is 15.4. The molecule has 8 heteroatoms. The second-order valence-corrected chi connectivity index (χ2v) is 24.2. The van der Waals surface area contributed by atoms with Crippen molar-refractivity contribution < 1.29 is 18.3 Å². The fourth-order valence-electron chi connectivity index (χ4n) is 9.17. The first kappa shape index (κ1) is 41.8. The van der Waals surface area contributed by atoms with Crippen molar-refractivity contribution in [3.63, 3.8) is 0 Å². The van der Waals surface area contributed by atoms with Gasteiger partial charge in [-0.15, -0.1) is 0 Å². The molecule has 2 aliphatic heterocycles. The van der Waals surface area contributed by atoms with E-state index in [9.17, 15) is 0 Å². The van der Waals surface area contributed by atoms with Crippen molar-refractivity contribution in [1.82, 2.24) is 4.67 Å². The Morgan fingerprint density at radius 1 is 0.635 bits per heavy atom. The summed E-state index contributed by atoms with van der Waals surface area (Å²) < 4.78 is 10.4. The molecule has 0 bridgehead atoms. The van der Waals surface area contributed by atoms with E-state index in [1.165, 1.54) is 96.4 Å². The summed E-state index contributed by atoms with van der Waals surface area (Å²) in [6, 6.07) is 19.0. The summed E-state index contributed by atoms with van der Waals surface area (Å²) in [5, 5.41) is 0. The molecular formula is C44H64Cl2N3OPRu. The second-order valence-electron chi connectivity index (χ2n) is 15.4. The average molecular weight is 854 g/mol. The Kier molecular flexibility index (Phi) is 17.0. The predicted octanol–water partition coefficient (Wildman–Crippen LogP) is 11.9. The van der Waals surface area contributed by atoms with Crippen LogP contribution in [-0.4, -0.2) is 60.0 Å². The molecule has 2 saturated heterocycles. The van der Waals surface area contributed by atoms with Gasteiger partial charge in [-0.2, -0.15) is 11.3 Å². The molecule has 3 aromatic carbocycles. The monoisotopic (exact) mass is 853 g/mol. The van der Waals surface area contributed by atoms with Crippen LogP contribution in [0.4, 0.5) is 11.4 Å². The quantitative estimate of drug-likeness (QED) is 0.140. The number of hydrogen-bond acceptors (Lipinski definition) is 4. The van der Waals surface area contributed by atoms with Crippen molar-refractivity contribution >= 4 is 43.4 Å². The number of anilines is 2. The number of ether oxygens (including phenoxy) is 1. The Labute approximate surface area is 330 Å². The third-order valence-corrected chi connectivity index (χ3v) is 17.0. The molecule has 0 unspecified atom stereocenters. The van der Waals surface area contributed by atoms with E-state index < -0.39 is 13.5 Å². The summed E-state index contributed by atoms with van der Waals surface area (Å²) >= 11 is -1.61. The maximum atomic E-state index is 5.67. The molecule has 4 fully saturated rings. The zero-order chi connectivity index (χ0) is 37.0. The van der Waals surface area contributed by atoms with Crippen LogP contribution in [0.2, 0.25) is 0 Å². The number of benzene rings is 3. The molecule has 52 heavy (non-hydrogen) atoms. The van der Waals surface area contributed by atoms with Crippen LogP contribution in [0.25, 0.3) is 0 Å².